The van der Waals surface area contributed by atoms with Crippen LogP contribution in [0.15, 0.2) is 41.7 Å². The molecule has 0 bridgehead atoms. The Balaban J connectivity index is 1.85. The van der Waals surface area contributed by atoms with Crippen LogP contribution in [-0.4, -0.2) is 51.4 Å². The van der Waals surface area contributed by atoms with Crippen molar-refractivity contribution >= 4 is 39.5 Å². The summed E-state index contributed by atoms with van der Waals surface area (Å²) in [6.45, 7) is 11.6. The monoisotopic (exact) mass is 638 g/mol. The number of unbranched alkanes of at least 4 members (excludes halogenated alkanes) is 1. The normalized spacial score (nSPS) is 13.5. The van der Waals surface area contributed by atoms with Crippen molar-refractivity contribution < 1.29 is 41.8 Å². The Kier molecular flexibility index (Phi) is 10.8. The second-order valence-electron chi connectivity index (χ2n) is 11.6. The molecule has 0 aliphatic heterocycles. The Hall–Kier alpha value is -3.94. The largest absolute Gasteiger partial charge is 0.489 e. The molecule has 0 saturated heterocycles. The first kappa shape index (κ1) is 34.5. The van der Waals surface area contributed by atoms with Crippen LogP contribution >= 0.6 is 11.3 Å². The SMILES string of the molecule is CCCCn1c(=NC(=O)c2cc(C(F)(F)F)ccc2OC[C@H](C)OC(=O)C(C)(C)NC(=O)OC(C)(C)C)sc2ccncc21. The van der Waals surface area contributed by atoms with Gasteiger partial charge in [0.05, 0.1) is 27.5 Å². The molecule has 0 aliphatic carbocycles. The van der Waals surface area contributed by atoms with E-state index < -0.39 is 52.5 Å². The fourth-order valence-electron chi connectivity index (χ4n) is 3.86. The topological polar surface area (TPSA) is 121 Å². The number of pyridine rings is 1. The number of fused-ring (bicyclic) bond motifs is 1. The molecule has 1 atom stereocenters. The van der Waals surface area contributed by atoms with Crippen LogP contribution in [0.5, 0.6) is 5.75 Å². The number of aromatic nitrogens is 2. The van der Waals surface area contributed by atoms with Crippen LogP contribution in [0.3, 0.4) is 0 Å². The number of alkyl carbamates (subject to hydrolysis) is 1. The van der Waals surface area contributed by atoms with Gasteiger partial charge in [-0.3, -0.25) is 9.78 Å². The van der Waals surface area contributed by atoms with Crippen molar-refractivity contribution in [3.8, 4) is 5.75 Å². The molecular weight excluding hydrogens is 601 g/mol. The van der Waals surface area contributed by atoms with E-state index in [9.17, 15) is 27.6 Å². The summed E-state index contributed by atoms with van der Waals surface area (Å²) in [6, 6.07) is 4.30. The number of hydrogen-bond acceptors (Lipinski definition) is 8. The van der Waals surface area contributed by atoms with Gasteiger partial charge in [0.25, 0.3) is 5.91 Å². The van der Waals surface area contributed by atoms with Crippen LogP contribution in [0.25, 0.3) is 10.2 Å². The number of rotatable bonds is 10. The molecule has 14 heteroatoms. The summed E-state index contributed by atoms with van der Waals surface area (Å²) in [5.41, 5.74) is -2.92. The number of halogens is 3. The van der Waals surface area contributed by atoms with Crippen molar-refractivity contribution in [3.05, 3.63) is 52.6 Å². The van der Waals surface area contributed by atoms with E-state index in [4.69, 9.17) is 14.2 Å². The highest BCUT2D eigenvalue weighted by Gasteiger charge is 2.35. The van der Waals surface area contributed by atoms with E-state index >= 15 is 0 Å². The van der Waals surface area contributed by atoms with E-state index in [0.717, 1.165) is 35.2 Å². The summed E-state index contributed by atoms with van der Waals surface area (Å²) in [7, 11) is 0. The summed E-state index contributed by atoms with van der Waals surface area (Å²) in [5.74, 6) is -1.89. The molecule has 240 valence electrons. The molecular formula is C30H37F3N4O6S. The number of aryl methyl sites for hydroxylation is 1. The Morgan fingerprint density at radius 3 is 2.45 bits per heavy atom. The maximum absolute atomic E-state index is 13.6. The Morgan fingerprint density at radius 1 is 1.11 bits per heavy atom. The highest BCUT2D eigenvalue weighted by atomic mass is 32.1. The van der Waals surface area contributed by atoms with Gasteiger partial charge in [0.15, 0.2) is 4.80 Å². The van der Waals surface area contributed by atoms with Crippen molar-refractivity contribution in [2.24, 2.45) is 4.99 Å². The molecule has 10 nitrogen and oxygen atoms in total. The number of ether oxygens (including phenoxy) is 3. The molecule has 0 spiro atoms. The number of nitrogens with one attached hydrogen (secondary N) is 1. The molecule has 3 aromatic rings. The number of nitrogens with zero attached hydrogens (tertiary/aromatic N) is 3. The molecule has 2 amide bonds. The zero-order valence-electron chi connectivity index (χ0n) is 25.7. The molecule has 0 unspecified atom stereocenters. The van der Waals surface area contributed by atoms with E-state index in [1.807, 2.05) is 11.5 Å². The highest BCUT2D eigenvalue weighted by Crippen LogP contribution is 2.33. The molecule has 2 heterocycles. The van der Waals surface area contributed by atoms with Gasteiger partial charge in [-0.15, -0.1) is 0 Å². The molecule has 0 fully saturated rings. The number of carbonyl (C=O) groups is 3. The smallest absolute Gasteiger partial charge is 0.416 e. The van der Waals surface area contributed by atoms with E-state index in [0.29, 0.717) is 17.4 Å². The standard InChI is InChI=1S/C30H37F3N4O6S/c1-8-9-14-37-21-16-34-13-12-23(21)44-26(37)35-24(38)20-15-19(30(31,32)33)10-11-22(20)41-17-18(2)42-25(39)29(6,7)36-27(40)43-28(3,4)5/h10-13,15-16,18H,8-9,14,17H2,1-7H3,(H,36,40)/t18-/m0/s1. The Labute approximate surface area is 257 Å². The maximum atomic E-state index is 13.6. The predicted molar refractivity (Wildman–Crippen MR) is 158 cm³/mol. The zero-order valence-corrected chi connectivity index (χ0v) is 26.5. The van der Waals surface area contributed by atoms with Crippen molar-refractivity contribution in [3.63, 3.8) is 0 Å². The van der Waals surface area contributed by atoms with Crippen LogP contribution in [0.2, 0.25) is 0 Å². The van der Waals surface area contributed by atoms with Crippen LogP contribution in [0.4, 0.5) is 18.0 Å². The van der Waals surface area contributed by atoms with Crippen molar-refractivity contribution in [1.82, 2.24) is 14.9 Å². The lowest BCUT2D eigenvalue weighted by Crippen LogP contribution is -2.52. The first-order chi connectivity index (χ1) is 20.4. The second-order valence-corrected chi connectivity index (χ2v) is 12.6. The third kappa shape index (κ3) is 9.28. The minimum atomic E-state index is -4.71. The molecule has 0 saturated carbocycles. The molecule has 3 rings (SSSR count). The van der Waals surface area contributed by atoms with Gasteiger partial charge in [-0.25, -0.2) is 9.59 Å². The number of esters is 1. The molecule has 1 N–H and O–H groups in total. The lowest BCUT2D eigenvalue weighted by molar-refractivity contribution is -0.156. The van der Waals surface area contributed by atoms with E-state index in [1.165, 1.54) is 32.1 Å². The second kappa shape index (κ2) is 13.8. The van der Waals surface area contributed by atoms with Crippen molar-refractivity contribution in [2.75, 3.05) is 6.61 Å². The van der Waals surface area contributed by atoms with Gasteiger partial charge in [0.2, 0.25) is 0 Å². The summed E-state index contributed by atoms with van der Waals surface area (Å²) in [5, 5.41) is 2.44. The summed E-state index contributed by atoms with van der Waals surface area (Å²) < 4.78 is 59.7. The fraction of sp³-hybridized carbons (Fsp3) is 0.500. The first-order valence-corrected chi connectivity index (χ1v) is 14.8. The van der Waals surface area contributed by atoms with Gasteiger partial charge < -0.3 is 24.1 Å². The minimum absolute atomic E-state index is 0.163. The third-order valence-corrected chi connectivity index (χ3v) is 7.12. The predicted octanol–water partition coefficient (Wildman–Crippen LogP) is 6.27. The Morgan fingerprint density at radius 2 is 1.82 bits per heavy atom. The van der Waals surface area contributed by atoms with Crippen molar-refractivity contribution in [1.29, 1.82) is 0 Å². The zero-order chi connectivity index (χ0) is 32.9. The van der Waals surface area contributed by atoms with Gasteiger partial charge in [0, 0.05) is 12.7 Å². The van der Waals surface area contributed by atoms with Gasteiger partial charge >= 0.3 is 18.2 Å². The number of amides is 2. The molecule has 0 aliphatic rings. The minimum Gasteiger partial charge on any atom is -0.489 e. The van der Waals surface area contributed by atoms with Crippen LogP contribution in [0.1, 0.15) is 77.2 Å². The quantitative estimate of drug-likeness (QED) is 0.260. The number of carbonyl (C=O) groups excluding carboxylic acids is 3. The lowest BCUT2D eigenvalue weighted by atomic mass is 10.1. The molecule has 1 aromatic carbocycles. The molecule has 0 radical (unpaired) electrons. The highest BCUT2D eigenvalue weighted by molar-refractivity contribution is 7.16. The Bertz CT molecular complexity index is 1570. The molecule has 44 heavy (non-hydrogen) atoms. The van der Waals surface area contributed by atoms with Crippen LogP contribution in [0, 0.1) is 0 Å². The van der Waals surface area contributed by atoms with Crippen LogP contribution < -0.4 is 14.9 Å². The summed E-state index contributed by atoms with van der Waals surface area (Å²) in [6.07, 6.45) is -1.51. The number of alkyl halides is 3. The average molecular weight is 639 g/mol. The number of benzene rings is 1. The number of hydrogen-bond donors (Lipinski definition) is 1. The fourth-order valence-corrected chi connectivity index (χ4v) is 4.88. The maximum Gasteiger partial charge on any atom is 0.416 e. The van der Waals surface area contributed by atoms with Gasteiger partial charge in [-0.1, -0.05) is 24.7 Å². The third-order valence-electron chi connectivity index (χ3n) is 6.06. The van der Waals surface area contributed by atoms with E-state index in [2.05, 4.69) is 15.3 Å². The van der Waals surface area contributed by atoms with Crippen LogP contribution in [-0.2, 0) is 27.0 Å². The summed E-state index contributed by atoms with van der Waals surface area (Å²) in [4.78, 5) is 46.9. The van der Waals surface area contributed by atoms with Gasteiger partial charge in [-0.2, -0.15) is 18.2 Å². The van der Waals surface area contributed by atoms with E-state index in [1.54, 1.807) is 39.2 Å². The molecule has 2 aromatic heterocycles. The number of thiazole rings is 1. The average Bonchev–Trinajstić information content (AvgIpc) is 3.25. The first-order valence-electron chi connectivity index (χ1n) is 14.0. The van der Waals surface area contributed by atoms with Gasteiger partial charge in [0.1, 0.15) is 29.6 Å². The lowest BCUT2D eigenvalue weighted by Gasteiger charge is -2.28. The van der Waals surface area contributed by atoms with Crippen molar-refractivity contribution in [2.45, 2.75) is 91.3 Å². The van der Waals surface area contributed by atoms with E-state index in [-0.39, 0.29) is 12.4 Å². The summed E-state index contributed by atoms with van der Waals surface area (Å²) >= 11 is 1.22. The van der Waals surface area contributed by atoms with Gasteiger partial charge in [-0.05, 0) is 72.2 Å².